The molecule has 0 N–H and O–H groups in total. The summed E-state index contributed by atoms with van der Waals surface area (Å²) in [5, 5.41) is 0. The first kappa shape index (κ1) is 21.7. The van der Waals surface area contributed by atoms with E-state index < -0.39 is 0 Å². The van der Waals surface area contributed by atoms with E-state index in [1.165, 1.54) is 36.0 Å². The Morgan fingerprint density at radius 2 is 1.70 bits per heavy atom. The summed E-state index contributed by atoms with van der Waals surface area (Å²) in [6.07, 6.45) is 6.38. The zero-order valence-electron chi connectivity index (χ0n) is 16.6. The molecular weight excluding hydrogens is 384 g/mol. The number of unbranched alkanes of at least 4 members (excludes halogenated alkanes) is 1. The molecule has 0 amide bonds. The Morgan fingerprint density at radius 1 is 1.00 bits per heavy atom. The molecule has 1 radical (unpaired) electrons. The second-order valence-electron chi connectivity index (χ2n) is 7.28. The Balaban J connectivity index is 0.000000379. The first-order chi connectivity index (χ1) is 12.7. The van der Waals surface area contributed by atoms with Gasteiger partial charge in [-0.2, -0.15) is 30.3 Å². The largest absolute Gasteiger partial charge is 2.00 e. The summed E-state index contributed by atoms with van der Waals surface area (Å²) in [6, 6.07) is 25.6. The minimum Gasteiger partial charge on any atom is -0.214 e. The molecule has 1 unspecified atom stereocenters. The Bertz CT molecular complexity index is 793. The average molecular weight is 413 g/mol. The van der Waals surface area contributed by atoms with E-state index in [0.29, 0.717) is 5.54 Å². The monoisotopic (exact) mass is 413 g/mol. The van der Waals surface area contributed by atoms with Gasteiger partial charge in [-0.25, -0.2) is 12.1 Å². The van der Waals surface area contributed by atoms with Crippen molar-refractivity contribution >= 4 is 14.9 Å². The SMILES string of the molecule is CCCCC1=Cc2c(-[c-]3cccc3)cccc2C1[Si](C)C.[Fe+2].c1cc[cH-]c1. The van der Waals surface area contributed by atoms with Crippen LogP contribution in [0.4, 0.5) is 0 Å². The van der Waals surface area contributed by atoms with Crippen LogP contribution in [0.1, 0.15) is 42.9 Å². The van der Waals surface area contributed by atoms with Crippen molar-refractivity contribution in [1.82, 2.24) is 0 Å². The number of fused-ring (bicyclic) bond motifs is 1. The summed E-state index contributed by atoms with van der Waals surface area (Å²) in [6.45, 7) is 7.20. The van der Waals surface area contributed by atoms with Crippen molar-refractivity contribution in [3.63, 3.8) is 0 Å². The van der Waals surface area contributed by atoms with Crippen LogP contribution in [0.15, 0.2) is 78.4 Å². The molecule has 0 spiro atoms. The molecule has 3 aromatic rings. The van der Waals surface area contributed by atoms with E-state index in [4.69, 9.17) is 0 Å². The number of allylic oxidation sites excluding steroid dienone is 1. The fourth-order valence-electron chi connectivity index (χ4n) is 3.87. The van der Waals surface area contributed by atoms with Crippen molar-refractivity contribution in [1.29, 1.82) is 0 Å². The molecule has 0 bridgehead atoms. The molecule has 0 aliphatic heterocycles. The molecule has 0 saturated carbocycles. The van der Waals surface area contributed by atoms with Gasteiger partial charge in [0.05, 0.1) is 8.80 Å². The number of rotatable bonds is 5. The van der Waals surface area contributed by atoms with E-state index in [2.05, 4.69) is 68.6 Å². The van der Waals surface area contributed by atoms with Crippen LogP contribution in [-0.2, 0) is 17.1 Å². The number of hydrogen-bond acceptors (Lipinski definition) is 0. The first-order valence-electron chi connectivity index (χ1n) is 9.74. The van der Waals surface area contributed by atoms with Crippen molar-refractivity contribution in [3.8, 4) is 11.1 Å². The fraction of sp³-hybridized carbons (Fsp3) is 0.280. The Hall–Kier alpha value is -1.60. The summed E-state index contributed by atoms with van der Waals surface area (Å²) in [4.78, 5) is 0. The van der Waals surface area contributed by atoms with E-state index in [1.54, 1.807) is 11.1 Å². The van der Waals surface area contributed by atoms with Crippen molar-refractivity contribution < 1.29 is 17.1 Å². The van der Waals surface area contributed by atoms with Crippen molar-refractivity contribution in [2.24, 2.45) is 0 Å². The molecule has 27 heavy (non-hydrogen) atoms. The van der Waals surface area contributed by atoms with Gasteiger partial charge in [0.25, 0.3) is 0 Å². The third-order valence-corrected chi connectivity index (χ3v) is 6.91. The summed E-state index contributed by atoms with van der Waals surface area (Å²) < 4.78 is 0. The van der Waals surface area contributed by atoms with Gasteiger partial charge in [0.1, 0.15) is 0 Å². The molecule has 1 aliphatic carbocycles. The molecule has 1 aliphatic rings. The van der Waals surface area contributed by atoms with E-state index in [-0.39, 0.29) is 25.9 Å². The average Bonchev–Trinajstić information content (AvgIpc) is 3.41. The van der Waals surface area contributed by atoms with Crippen LogP contribution in [0.2, 0.25) is 13.1 Å². The standard InChI is InChI=1S/C20H24Si.C5H5.Fe/c1-4-5-9-16-14-19-17(15-10-6-7-11-15)12-8-13-18(19)20(16)21(2)3;1-2-4-5-3-1;/h6-8,10-14,20H,4-5,9H2,1-3H3;1-5H;/q2*-1;+2. The summed E-state index contributed by atoms with van der Waals surface area (Å²) in [5.41, 5.74) is 8.25. The summed E-state index contributed by atoms with van der Waals surface area (Å²) in [7, 11) is -0.355. The molecule has 0 nitrogen and oxygen atoms in total. The van der Waals surface area contributed by atoms with Crippen LogP contribution in [0.25, 0.3) is 17.2 Å². The van der Waals surface area contributed by atoms with Crippen LogP contribution in [0.3, 0.4) is 0 Å². The molecule has 141 valence electrons. The van der Waals surface area contributed by atoms with E-state index in [0.717, 1.165) is 0 Å². The fourth-order valence-corrected chi connectivity index (χ4v) is 5.71. The van der Waals surface area contributed by atoms with Crippen LogP contribution < -0.4 is 0 Å². The molecule has 0 heterocycles. The second-order valence-corrected chi connectivity index (χ2v) is 10.0. The van der Waals surface area contributed by atoms with Crippen LogP contribution in [0, 0.1) is 0 Å². The van der Waals surface area contributed by atoms with Crippen molar-refractivity contribution in [2.45, 2.75) is 44.8 Å². The van der Waals surface area contributed by atoms with E-state index in [9.17, 15) is 0 Å². The molecule has 0 aromatic heterocycles. The molecule has 2 heteroatoms. The first-order valence-corrected chi connectivity index (χ1v) is 12.3. The van der Waals surface area contributed by atoms with Gasteiger partial charge in [0.2, 0.25) is 0 Å². The molecular formula is C25H29FeSi. The zero-order valence-corrected chi connectivity index (χ0v) is 18.7. The van der Waals surface area contributed by atoms with E-state index in [1.807, 2.05) is 30.3 Å². The normalized spacial score (nSPS) is 14.8. The smallest absolute Gasteiger partial charge is 0.214 e. The van der Waals surface area contributed by atoms with Gasteiger partial charge in [-0.3, -0.25) is 0 Å². The quantitative estimate of drug-likeness (QED) is 0.301. The maximum absolute atomic E-state index is 2.51. The van der Waals surface area contributed by atoms with Gasteiger partial charge in [-0.15, -0.1) is 23.8 Å². The third kappa shape index (κ3) is 5.22. The van der Waals surface area contributed by atoms with E-state index >= 15 is 0 Å². The maximum Gasteiger partial charge on any atom is 2.00 e. The molecule has 4 rings (SSSR count). The Labute approximate surface area is 177 Å². The van der Waals surface area contributed by atoms with Crippen LogP contribution in [-0.4, -0.2) is 8.80 Å². The maximum atomic E-state index is 2.51. The van der Waals surface area contributed by atoms with Gasteiger partial charge in [-0.1, -0.05) is 66.9 Å². The number of hydrogen-bond donors (Lipinski definition) is 0. The predicted octanol–water partition coefficient (Wildman–Crippen LogP) is 7.44. The zero-order chi connectivity index (χ0) is 18.4. The summed E-state index contributed by atoms with van der Waals surface area (Å²) >= 11 is 0. The van der Waals surface area contributed by atoms with Gasteiger partial charge >= 0.3 is 17.1 Å². The van der Waals surface area contributed by atoms with Gasteiger partial charge < -0.3 is 0 Å². The summed E-state index contributed by atoms with van der Waals surface area (Å²) in [5.74, 6) is 0. The van der Waals surface area contributed by atoms with Gasteiger partial charge in [0, 0.05) is 0 Å². The molecule has 0 fully saturated rings. The Morgan fingerprint density at radius 3 is 2.26 bits per heavy atom. The second kappa shape index (κ2) is 10.7. The molecule has 0 saturated heterocycles. The minimum absolute atomic E-state index is 0. The van der Waals surface area contributed by atoms with Crippen molar-refractivity contribution in [2.75, 3.05) is 0 Å². The Kier molecular flexibility index (Phi) is 8.56. The minimum atomic E-state index is -0.355. The topological polar surface area (TPSA) is 0 Å². The van der Waals surface area contributed by atoms with Gasteiger partial charge in [0.15, 0.2) is 0 Å². The predicted molar refractivity (Wildman–Crippen MR) is 117 cm³/mol. The van der Waals surface area contributed by atoms with Crippen molar-refractivity contribution in [3.05, 3.63) is 89.5 Å². The number of benzene rings is 1. The van der Waals surface area contributed by atoms with Gasteiger partial charge in [-0.05, 0) is 18.4 Å². The van der Waals surface area contributed by atoms with Crippen LogP contribution in [0.5, 0.6) is 0 Å². The molecule has 1 atom stereocenters. The third-order valence-electron chi connectivity index (χ3n) is 5.08. The molecule has 3 aromatic carbocycles. The van der Waals surface area contributed by atoms with Crippen LogP contribution >= 0.6 is 0 Å².